The highest BCUT2D eigenvalue weighted by atomic mass is 19.1. The van der Waals surface area contributed by atoms with E-state index in [0.29, 0.717) is 0 Å². The lowest BCUT2D eigenvalue weighted by Gasteiger charge is -2.17. The molecule has 0 amide bonds. The molecule has 1 aliphatic carbocycles. The van der Waals surface area contributed by atoms with Crippen LogP contribution in [0.1, 0.15) is 42.7 Å². The van der Waals surface area contributed by atoms with Crippen LogP contribution in [-0.2, 0) is 0 Å². The van der Waals surface area contributed by atoms with Crippen LogP contribution in [0.4, 0.5) is 10.1 Å². The molecule has 3 N–H and O–H groups in total. The number of pyridine rings is 1. The largest absolute Gasteiger partial charge is 0.396 e. The molecular weight excluding hydrogens is 267 g/mol. The van der Waals surface area contributed by atoms with E-state index in [4.69, 9.17) is 5.73 Å². The number of nitrogen functional groups attached to an aromatic ring is 1. The fraction of sp³-hybridized carbons (Fsp3) is 0.353. The van der Waals surface area contributed by atoms with Crippen LogP contribution in [-0.4, -0.2) is 4.98 Å². The first-order chi connectivity index (χ1) is 10.1. The lowest BCUT2D eigenvalue weighted by Crippen LogP contribution is -2.17. The number of aromatic nitrogens is 1. The summed E-state index contributed by atoms with van der Waals surface area (Å²) in [5.41, 5.74) is 7.37. The van der Waals surface area contributed by atoms with Gasteiger partial charge in [-0.1, -0.05) is 25.0 Å². The zero-order chi connectivity index (χ0) is 14.8. The van der Waals surface area contributed by atoms with Gasteiger partial charge in [0.2, 0.25) is 0 Å². The molecule has 21 heavy (non-hydrogen) atoms. The van der Waals surface area contributed by atoms with E-state index >= 15 is 0 Å². The summed E-state index contributed by atoms with van der Waals surface area (Å²) >= 11 is 0. The van der Waals surface area contributed by atoms with Gasteiger partial charge >= 0.3 is 0 Å². The van der Waals surface area contributed by atoms with E-state index in [0.717, 1.165) is 29.9 Å². The molecule has 0 spiro atoms. The second-order valence-corrected chi connectivity index (χ2v) is 5.81. The molecule has 1 aromatic heterocycles. The summed E-state index contributed by atoms with van der Waals surface area (Å²) in [7, 11) is 0. The fourth-order valence-electron chi connectivity index (χ4n) is 2.80. The van der Waals surface area contributed by atoms with Crippen molar-refractivity contribution in [3.63, 3.8) is 0 Å². The van der Waals surface area contributed by atoms with Gasteiger partial charge in [0.05, 0.1) is 5.69 Å². The van der Waals surface area contributed by atoms with Crippen molar-refractivity contribution in [2.75, 3.05) is 5.73 Å². The Morgan fingerprint density at radius 1 is 1.33 bits per heavy atom. The standard InChI is InChI=1S/C17H19FN2O/c18-15-8-6-12(10-16(15)19)13(7-5-11-3-4-11)14-2-1-9-20-17(14)21/h1-2,6,8-11,13H,3-5,7,19H2,(H,20,21). The molecule has 2 aromatic rings. The van der Waals surface area contributed by atoms with Crippen molar-refractivity contribution in [1.82, 2.24) is 4.98 Å². The van der Waals surface area contributed by atoms with E-state index in [-0.39, 0.29) is 17.2 Å². The summed E-state index contributed by atoms with van der Waals surface area (Å²) in [6, 6.07) is 8.44. The zero-order valence-electron chi connectivity index (χ0n) is 11.8. The van der Waals surface area contributed by atoms with Crippen molar-refractivity contribution in [2.24, 2.45) is 5.92 Å². The lowest BCUT2D eigenvalue weighted by molar-refractivity contribution is 0.605. The van der Waals surface area contributed by atoms with Gasteiger partial charge in [0.25, 0.3) is 5.56 Å². The van der Waals surface area contributed by atoms with Crippen LogP contribution in [0.3, 0.4) is 0 Å². The van der Waals surface area contributed by atoms with Gasteiger partial charge in [-0.2, -0.15) is 0 Å². The molecule has 1 saturated carbocycles. The van der Waals surface area contributed by atoms with E-state index in [1.165, 1.54) is 18.9 Å². The van der Waals surface area contributed by atoms with Crippen LogP contribution in [0.5, 0.6) is 0 Å². The predicted octanol–water partition coefficient (Wildman–Crippen LogP) is 3.42. The first-order valence-corrected chi connectivity index (χ1v) is 7.37. The number of nitrogens with one attached hydrogen (secondary N) is 1. The summed E-state index contributed by atoms with van der Waals surface area (Å²) in [6.45, 7) is 0. The van der Waals surface area contributed by atoms with Gasteiger partial charge in [0, 0.05) is 17.7 Å². The maximum Gasteiger partial charge on any atom is 0.251 e. The molecule has 1 fully saturated rings. The predicted molar refractivity (Wildman–Crippen MR) is 81.7 cm³/mol. The molecule has 4 heteroatoms. The van der Waals surface area contributed by atoms with Crippen molar-refractivity contribution < 1.29 is 4.39 Å². The van der Waals surface area contributed by atoms with Crippen LogP contribution in [0.25, 0.3) is 0 Å². The molecule has 1 aromatic carbocycles. The number of nitrogens with two attached hydrogens (primary N) is 1. The minimum atomic E-state index is -0.415. The normalized spacial score (nSPS) is 15.9. The van der Waals surface area contributed by atoms with Crippen molar-refractivity contribution in [1.29, 1.82) is 0 Å². The Morgan fingerprint density at radius 3 is 2.81 bits per heavy atom. The Labute approximate surface area is 123 Å². The molecule has 3 nitrogen and oxygen atoms in total. The van der Waals surface area contributed by atoms with Crippen molar-refractivity contribution in [3.8, 4) is 0 Å². The second kappa shape index (κ2) is 5.72. The minimum Gasteiger partial charge on any atom is -0.396 e. The minimum absolute atomic E-state index is 0.0292. The van der Waals surface area contributed by atoms with E-state index in [9.17, 15) is 9.18 Å². The molecule has 1 heterocycles. The Hall–Kier alpha value is -2.10. The third-order valence-electron chi connectivity index (χ3n) is 4.21. The van der Waals surface area contributed by atoms with Crippen LogP contribution < -0.4 is 11.3 Å². The van der Waals surface area contributed by atoms with E-state index in [1.54, 1.807) is 18.3 Å². The van der Waals surface area contributed by atoms with Crippen molar-refractivity contribution >= 4 is 5.69 Å². The highest BCUT2D eigenvalue weighted by Crippen LogP contribution is 2.38. The number of hydrogen-bond donors (Lipinski definition) is 2. The Kier molecular flexibility index (Phi) is 3.78. The molecule has 1 aliphatic rings. The van der Waals surface area contributed by atoms with Crippen LogP contribution in [0.2, 0.25) is 0 Å². The molecule has 0 saturated heterocycles. The van der Waals surface area contributed by atoms with Gasteiger partial charge < -0.3 is 10.7 Å². The summed E-state index contributed by atoms with van der Waals surface area (Å²) in [5, 5.41) is 0. The highest BCUT2D eigenvalue weighted by molar-refractivity contribution is 5.45. The van der Waals surface area contributed by atoms with E-state index in [1.807, 2.05) is 12.1 Å². The van der Waals surface area contributed by atoms with Crippen LogP contribution in [0, 0.1) is 11.7 Å². The average Bonchev–Trinajstić information content (AvgIpc) is 3.29. The lowest BCUT2D eigenvalue weighted by atomic mass is 9.87. The highest BCUT2D eigenvalue weighted by Gasteiger charge is 2.25. The monoisotopic (exact) mass is 286 g/mol. The number of benzene rings is 1. The molecule has 1 unspecified atom stereocenters. The number of aromatic amines is 1. The van der Waals surface area contributed by atoms with Crippen LogP contribution in [0.15, 0.2) is 41.3 Å². The van der Waals surface area contributed by atoms with E-state index < -0.39 is 5.82 Å². The Balaban J connectivity index is 1.96. The molecular formula is C17H19FN2O. The van der Waals surface area contributed by atoms with Gasteiger partial charge in [-0.05, 0) is 42.5 Å². The van der Waals surface area contributed by atoms with E-state index in [2.05, 4.69) is 4.98 Å². The van der Waals surface area contributed by atoms with Crippen molar-refractivity contribution in [2.45, 2.75) is 31.6 Å². The molecule has 3 rings (SSSR count). The second-order valence-electron chi connectivity index (χ2n) is 5.81. The van der Waals surface area contributed by atoms with Crippen molar-refractivity contribution in [3.05, 3.63) is 63.8 Å². The average molecular weight is 286 g/mol. The first kappa shape index (κ1) is 13.9. The van der Waals surface area contributed by atoms with Gasteiger partial charge in [-0.15, -0.1) is 0 Å². The summed E-state index contributed by atoms with van der Waals surface area (Å²) < 4.78 is 13.4. The smallest absolute Gasteiger partial charge is 0.251 e. The number of halogens is 1. The Morgan fingerprint density at radius 2 is 2.14 bits per heavy atom. The molecule has 110 valence electrons. The fourth-order valence-corrected chi connectivity index (χ4v) is 2.80. The summed E-state index contributed by atoms with van der Waals surface area (Å²) in [5.74, 6) is 0.341. The third kappa shape index (κ3) is 3.15. The molecule has 0 bridgehead atoms. The zero-order valence-corrected chi connectivity index (χ0v) is 11.8. The molecule has 0 radical (unpaired) electrons. The number of anilines is 1. The molecule has 1 atom stereocenters. The van der Waals surface area contributed by atoms with Gasteiger partial charge in [-0.25, -0.2) is 4.39 Å². The SMILES string of the molecule is Nc1cc(C(CCC2CC2)c2ccc[nH]c2=O)ccc1F. The van der Waals surface area contributed by atoms with Crippen LogP contribution >= 0.6 is 0 Å². The third-order valence-corrected chi connectivity index (χ3v) is 4.21. The number of hydrogen-bond acceptors (Lipinski definition) is 2. The van der Waals surface area contributed by atoms with Gasteiger partial charge in [0.15, 0.2) is 0 Å². The quantitative estimate of drug-likeness (QED) is 0.827. The Bertz CT molecular complexity index is 691. The maximum absolute atomic E-state index is 13.4. The van der Waals surface area contributed by atoms with Gasteiger partial charge in [-0.3, -0.25) is 4.79 Å². The topological polar surface area (TPSA) is 58.9 Å². The van der Waals surface area contributed by atoms with Gasteiger partial charge in [0.1, 0.15) is 5.82 Å². The first-order valence-electron chi connectivity index (χ1n) is 7.37. The maximum atomic E-state index is 13.4. The number of rotatable bonds is 5. The summed E-state index contributed by atoms with van der Waals surface area (Å²) in [6.07, 6.45) is 6.18. The molecule has 0 aliphatic heterocycles. The summed E-state index contributed by atoms with van der Waals surface area (Å²) in [4.78, 5) is 14.8. The number of H-pyrrole nitrogens is 1.